The minimum absolute atomic E-state index is 0.573. The van der Waals surface area contributed by atoms with Crippen molar-refractivity contribution in [2.24, 2.45) is 0 Å². The van der Waals surface area contributed by atoms with Crippen LogP contribution in [0.2, 0.25) is 0 Å². The molecule has 1 N–H and O–H groups in total. The monoisotopic (exact) mass is 255 g/mol. The maximum Gasteiger partial charge on any atom is 0.114 e. The van der Waals surface area contributed by atoms with Gasteiger partial charge in [-0.25, -0.2) is 0 Å². The number of benzene rings is 1. The van der Waals surface area contributed by atoms with E-state index in [2.05, 4.69) is 4.98 Å². The number of hydrogen-bond acceptors (Lipinski definition) is 3. The minimum atomic E-state index is -0.573. The number of nitrogens with zero attached hydrogens (tertiary/aromatic N) is 1. The number of aryl methyl sites for hydroxylation is 1. The van der Waals surface area contributed by atoms with Crippen molar-refractivity contribution < 1.29 is 5.11 Å². The Balaban J connectivity index is 2.14. The van der Waals surface area contributed by atoms with E-state index in [0.717, 1.165) is 21.3 Å². The van der Waals surface area contributed by atoms with E-state index in [-0.39, 0.29) is 0 Å². The van der Waals surface area contributed by atoms with Crippen LogP contribution in [-0.2, 0) is 0 Å². The summed E-state index contributed by atoms with van der Waals surface area (Å²) in [6.07, 6.45) is 1.18. The number of aliphatic hydroxyl groups is 1. The average Bonchev–Trinajstić information content (AvgIpc) is 2.84. The molecular weight excluding hydrogens is 242 g/mol. The molecule has 2 aromatic heterocycles. The third-order valence-corrected chi connectivity index (χ3v) is 4.06. The second kappa shape index (κ2) is 4.52. The van der Waals surface area contributed by atoms with Crippen molar-refractivity contribution in [3.05, 3.63) is 64.0 Å². The van der Waals surface area contributed by atoms with E-state index in [1.807, 2.05) is 49.4 Å². The zero-order chi connectivity index (χ0) is 12.5. The molecule has 1 aromatic carbocycles. The summed E-state index contributed by atoms with van der Waals surface area (Å²) >= 11 is 1.63. The molecule has 0 aliphatic rings. The van der Waals surface area contributed by atoms with Crippen LogP contribution in [0.3, 0.4) is 0 Å². The van der Waals surface area contributed by atoms with Gasteiger partial charge < -0.3 is 5.11 Å². The van der Waals surface area contributed by atoms with Gasteiger partial charge in [0.25, 0.3) is 0 Å². The maximum absolute atomic E-state index is 10.5. The van der Waals surface area contributed by atoms with Gasteiger partial charge in [0.15, 0.2) is 0 Å². The van der Waals surface area contributed by atoms with Crippen molar-refractivity contribution in [3.8, 4) is 0 Å². The molecule has 3 rings (SSSR count). The predicted molar refractivity (Wildman–Crippen MR) is 74.9 cm³/mol. The molecule has 2 nitrogen and oxygen atoms in total. The van der Waals surface area contributed by atoms with Crippen LogP contribution in [0.4, 0.5) is 0 Å². The minimum Gasteiger partial charge on any atom is -0.383 e. The van der Waals surface area contributed by atoms with Gasteiger partial charge in [-0.05, 0) is 36.8 Å². The smallest absolute Gasteiger partial charge is 0.114 e. The molecule has 0 aliphatic carbocycles. The van der Waals surface area contributed by atoms with Gasteiger partial charge >= 0.3 is 0 Å². The Labute approximate surface area is 110 Å². The van der Waals surface area contributed by atoms with Gasteiger partial charge in [0.1, 0.15) is 6.10 Å². The number of rotatable bonds is 2. The number of fused-ring (bicyclic) bond motifs is 1. The van der Waals surface area contributed by atoms with E-state index in [4.69, 9.17) is 0 Å². The predicted octanol–water partition coefficient (Wildman–Crippen LogP) is 3.69. The van der Waals surface area contributed by atoms with E-state index < -0.39 is 6.10 Å². The molecule has 3 heteroatoms. The zero-order valence-electron chi connectivity index (χ0n) is 10.00. The molecule has 0 aliphatic heterocycles. The summed E-state index contributed by atoms with van der Waals surface area (Å²) in [6.45, 7) is 2.05. The molecule has 90 valence electrons. The van der Waals surface area contributed by atoms with Crippen LogP contribution in [0.25, 0.3) is 10.9 Å². The number of para-hydroxylation sites is 1. The number of aliphatic hydroxyl groups excluding tert-OH is 1. The first-order valence-electron chi connectivity index (χ1n) is 5.84. The molecule has 2 heterocycles. The van der Waals surface area contributed by atoms with Crippen LogP contribution in [0.1, 0.15) is 21.4 Å². The quantitative estimate of drug-likeness (QED) is 0.757. The lowest BCUT2D eigenvalue weighted by Gasteiger charge is -2.11. The summed E-state index contributed by atoms with van der Waals surface area (Å²) in [5.74, 6) is 0. The van der Waals surface area contributed by atoms with Crippen molar-refractivity contribution in [2.45, 2.75) is 13.0 Å². The molecule has 0 spiro atoms. The molecule has 0 radical (unpaired) electrons. The van der Waals surface area contributed by atoms with E-state index in [1.54, 1.807) is 17.5 Å². The van der Waals surface area contributed by atoms with Gasteiger partial charge in [0, 0.05) is 21.3 Å². The Bertz CT molecular complexity index is 684. The Kier molecular flexibility index (Phi) is 2.86. The molecule has 3 aromatic rings. The van der Waals surface area contributed by atoms with Gasteiger partial charge in [0.05, 0.1) is 5.52 Å². The fraction of sp³-hybridized carbons (Fsp3) is 0.133. The highest BCUT2D eigenvalue weighted by molar-refractivity contribution is 7.12. The topological polar surface area (TPSA) is 33.1 Å². The maximum atomic E-state index is 10.5. The molecule has 18 heavy (non-hydrogen) atoms. The second-order valence-corrected chi connectivity index (χ2v) is 5.59. The van der Waals surface area contributed by atoms with Gasteiger partial charge in [-0.2, -0.15) is 0 Å². The Morgan fingerprint density at radius 3 is 2.72 bits per heavy atom. The highest BCUT2D eigenvalue weighted by atomic mass is 32.1. The van der Waals surface area contributed by atoms with Gasteiger partial charge in [-0.15, -0.1) is 11.3 Å². The summed E-state index contributed by atoms with van der Waals surface area (Å²) < 4.78 is 0. The van der Waals surface area contributed by atoms with Gasteiger partial charge in [-0.1, -0.05) is 18.2 Å². The van der Waals surface area contributed by atoms with E-state index >= 15 is 0 Å². The summed E-state index contributed by atoms with van der Waals surface area (Å²) in [5.41, 5.74) is 1.84. The summed E-state index contributed by atoms with van der Waals surface area (Å²) in [5, 5.41) is 11.5. The molecule has 0 amide bonds. The molecular formula is C15H13NOS. The Hall–Kier alpha value is -1.71. The Morgan fingerprint density at radius 2 is 1.94 bits per heavy atom. The average molecular weight is 255 g/mol. The first-order chi connectivity index (χ1) is 8.75. The fourth-order valence-electron chi connectivity index (χ4n) is 2.11. The highest BCUT2D eigenvalue weighted by Gasteiger charge is 2.15. The van der Waals surface area contributed by atoms with Crippen LogP contribution in [-0.4, -0.2) is 10.1 Å². The molecule has 1 unspecified atom stereocenters. The van der Waals surface area contributed by atoms with E-state index in [1.165, 1.54) is 4.88 Å². The standard InChI is InChI=1S/C15H13NOS/c1-10-6-7-14(18-10)15(17)12-8-9-16-13-5-3-2-4-11(12)13/h2-9,15,17H,1H3. The van der Waals surface area contributed by atoms with E-state index in [0.29, 0.717) is 0 Å². The van der Waals surface area contributed by atoms with Crippen molar-refractivity contribution in [1.29, 1.82) is 0 Å². The third kappa shape index (κ3) is 1.92. The third-order valence-electron chi connectivity index (χ3n) is 3.01. The molecule has 0 saturated carbocycles. The highest BCUT2D eigenvalue weighted by Crippen LogP contribution is 2.31. The second-order valence-electron chi connectivity index (χ2n) is 4.27. The number of aromatic nitrogens is 1. The fourth-order valence-corrected chi connectivity index (χ4v) is 2.99. The summed E-state index contributed by atoms with van der Waals surface area (Å²) in [4.78, 5) is 6.50. The zero-order valence-corrected chi connectivity index (χ0v) is 10.8. The van der Waals surface area contributed by atoms with Crippen molar-refractivity contribution in [1.82, 2.24) is 4.98 Å². The first kappa shape index (κ1) is 11.4. The van der Waals surface area contributed by atoms with Crippen LogP contribution in [0.15, 0.2) is 48.7 Å². The normalized spacial score (nSPS) is 12.8. The molecule has 0 saturated heterocycles. The van der Waals surface area contributed by atoms with Gasteiger partial charge in [0.2, 0.25) is 0 Å². The largest absolute Gasteiger partial charge is 0.383 e. The SMILES string of the molecule is Cc1ccc(C(O)c2ccnc3ccccc23)s1. The van der Waals surface area contributed by atoms with Crippen LogP contribution < -0.4 is 0 Å². The number of pyridine rings is 1. The molecule has 0 bridgehead atoms. The van der Waals surface area contributed by atoms with Crippen molar-refractivity contribution in [2.75, 3.05) is 0 Å². The molecule has 0 fully saturated rings. The summed E-state index contributed by atoms with van der Waals surface area (Å²) in [7, 11) is 0. The Morgan fingerprint density at radius 1 is 1.11 bits per heavy atom. The lowest BCUT2D eigenvalue weighted by Crippen LogP contribution is -1.98. The lowest BCUT2D eigenvalue weighted by atomic mass is 10.0. The first-order valence-corrected chi connectivity index (χ1v) is 6.65. The molecule has 1 atom stereocenters. The van der Waals surface area contributed by atoms with Crippen LogP contribution >= 0.6 is 11.3 Å². The van der Waals surface area contributed by atoms with Crippen molar-refractivity contribution in [3.63, 3.8) is 0 Å². The van der Waals surface area contributed by atoms with E-state index in [9.17, 15) is 5.11 Å². The van der Waals surface area contributed by atoms with Crippen LogP contribution in [0.5, 0.6) is 0 Å². The number of hydrogen-bond donors (Lipinski definition) is 1. The van der Waals surface area contributed by atoms with Crippen molar-refractivity contribution >= 4 is 22.2 Å². The van der Waals surface area contributed by atoms with Crippen LogP contribution in [0, 0.1) is 6.92 Å². The lowest BCUT2D eigenvalue weighted by molar-refractivity contribution is 0.225. The summed E-state index contributed by atoms with van der Waals surface area (Å²) in [6, 6.07) is 13.8. The van der Waals surface area contributed by atoms with Gasteiger partial charge in [-0.3, -0.25) is 4.98 Å². The number of thiophene rings is 1.